The Labute approximate surface area is 180 Å². The zero-order chi connectivity index (χ0) is 21.3. The number of benzene rings is 1. The molecule has 1 saturated carbocycles. The lowest BCUT2D eigenvalue weighted by molar-refractivity contribution is -0.137. The van der Waals surface area contributed by atoms with Crippen molar-refractivity contribution in [1.29, 1.82) is 0 Å². The molecular weight excluding hydrogens is 378 g/mol. The zero-order valence-electron chi connectivity index (χ0n) is 18.5. The summed E-state index contributed by atoms with van der Waals surface area (Å²) in [6.45, 7) is 7.93. The largest absolute Gasteiger partial charge is 0.484 e. The van der Waals surface area contributed by atoms with Gasteiger partial charge in [0.2, 0.25) is 5.91 Å². The van der Waals surface area contributed by atoms with Crippen LogP contribution < -0.4 is 10.1 Å². The number of hydrogen-bond donors (Lipinski definition) is 1. The molecule has 2 amide bonds. The van der Waals surface area contributed by atoms with Gasteiger partial charge in [-0.1, -0.05) is 51.3 Å². The second kappa shape index (κ2) is 11.3. The fourth-order valence-corrected chi connectivity index (χ4v) is 4.48. The van der Waals surface area contributed by atoms with E-state index in [1.807, 2.05) is 35.2 Å². The minimum atomic E-state index is -0.0608. The van der Waals surface area contributed by atoms with Gasteiger partial charge in [0.15, 0.2) is 6.61 Å². The number of carbonyl (C=O) groups is 2. The molecule has 1 aromatic rings. The Morgan fingerprint density at radius 1 is 1.10 bits per heavy atom. The van der Waals surface area contributed by atoms with Crippen LogP contribution in [0.3, 0.4) is 0 Å². The van der Waals surface area contributed by atoms with Gasteiger partial charge in [0.1, 0.15) is 5.75 Å². The highest BCUT2D eigenvalue weighted by Gasteiger charge is 2.37. The molecule has 1 N–H and O–H groups in total. The maximum absolute atomic E-state index is 13.1. The summed E-state index contributed by atoms with van der Waals surface area (Å²) < 4.78 is 5.61. The number of rotatable bonds is 9. The SMILES string of the molecule is CCC(C)CNC(=O)C(C1CCCC1)N1CCN(C(=O)COc2ccccc2)CC1. The third kappa shape index (κ3) is 6.21. The van der Waals surface area contributed by atoms with E-state index in [4.69, 9.17) is 4.74 Å². The van der Waals surface area contributed by atoms with E-state index in [-0.39, 0.29) is 24.5 Å². The van der Waals surface area contributed by atoms with Crippen LogP contribution in [0.5, 0.6) is 5.75 Å². The van der Waals surface area contributed by atoms with Crippen LogP contribution in [-0.2, 0) is 9.59 Å². The van der Waals surface area contributed by atoms with Crippen molar-refractivity contribution in [3.05, 3.63) is 30.3 Å². The topological polar surface area (TPSA) is 61.9 Å². The molecule has 0 spiro atoms. The number of nitrogens with one attached hydrogen (secondary N) is 1. The number of carbonyl (C=O) groups excluding carboxylic acids is 2. The Morgan fingerprint density at radius 2 is 1.77 bits per heavy atom. The highest BCUT2D eigenvalue weighted by Crippen LogP contribution is 2.31. The predicted octanol–water partition coefficient (Wildman–Crippen LogP) is 2.93. The van der Waals surface area contributed by atoms with Crippen LogP contribution in [0.1, 0.15) is 46.0 Å². The molecule has 6 heteroatoms. The Hall–Kier alpha value is -2.08. The molecule has 0 aromatic heterocycles. The Balaban J connectivity index is 1.51. The van der Waals surface area contributed by atoms with Crippen LogP contribution in [0.15, 0.2) is 30.3 Å². The first-order valence-corrected chi connectivity index (χ1v) is 11.6. The molecule has 2 unspecified atom stereocenters. The highest BCUT2D eigenvalue weighted by molar-refractivity contribution is 5.82. The molecule has 3 rings (SSSR count). The van der Waals surface area contributed by atoms with E-state index in [0.29, 0.717) is 30.7 Å². The first-order chi connectivity index (χ1) is 14.6. The van der Waals surface area contributed by atoms with E-state index in [1.54, 1.807) is 0 Å². The maximum atomic E-state index is 13.1. The van der Waals surface area contributed by atoms with E-state index < -0.39 is 0 Å². The van der Waals surface area contributed by atoms with E-state index in [0.717, 1.165) is 38.9 Å². The van der Waals surface area contributed by atoms with Gasteiger partial charge in [0.05, 0.1) is 6.04 Å². The summed E-state index contributed by atoms with van der Waals surface area (Å²) in [6, 6.07) is 9.37. The van der Waals surface area contributed by atoms with Crippen molar-refractivity contribution < 1.29 is 14.3 Å². The fourth-order valence-electron chi connectivity index (χ4n) is 4.48. The van der Waals surface area contributed by atoms with E-state index in [9.17, 15) is 9.59 Å². The van der Waals surface area contributed by atoms with Gasteiger partial charge in [0.25, 0.3) is 5.91 Å². The number of ether oxygens (including phenoxy) is 1. The van der Waals surface area contributed by atoms with Gasteiger partial charge >= 0.3 is 0 Å². The van der Waals surface area contributed by atoms with Crippen molar-refractivity contribution in [3.63, 3.8) is 0 Å². The zero-order valence-corrected chi connectivity index (χ0v) is 18.5. The van der Waals surface area contributed by atoms with Crippen LogP contribution in [0, 0.1) is 11.8 Å². The van der Waals surface area contributed by atoms with Crippen LogP contribution in [-0.4, -0.2) is 67.0 Å². The normalized spacial score (nSPS) is 20.0. The predicted molar refractivity (Wildman–Crippen MR) is 118 cm³/mol. The van der Waals surface area contributed by atoms with Gasteiger partial charge in [-0.3, -0.25) is 14.5 Å². The van der Waals surface area contributed by atoms with Crippen molar-refractivity contribution in [3.8, 4) is 5.75 Å². The highest BCUT2D eigenvalue weighted by atomic mass is 16.5. The Kier molecular flexibility index (Phi) is 8.55. The number of piperazine rings is 1. The van der Waals surface area contributed by atoms with E-state index in [2.05, 4.69) is 24.1 Å². The molecule has 6 nitrogen and oxygen atoms in total. The molecule has 166 valence electrons. The van der Waals surface area contributed by atoms with Gasteiger partial charge in [-0.2, -0.15) is 0 Å². The van der Waals surface area contributed by atoms with Crippen LogP contribution in [0.25, 0.3) is 0 Å². The minimum absolute atomic E-state index is 0.0112. The first-order valence-electron chi connectivity index (χ1n) is 11.6. The first kappa shape index (κ1) is 22.6. The van der Waals surface area contributed by atoms with E-state index >= 15 is 0 Å². The van der Waals surface area contributed by atoms with Gasteiger partial charge in [-0.05, 0) is 36.8 Å². The molecule has 2 fully saturated rings. The van der Waals surface area contributed by atoms with Crippen molar-refractivity contribution in [2.75, 3.05) is 39.3 Å². The summed E-state index contributed by atoms with van der Waals surface area (Å²) in [6.07, 6.45) is 5.77. The maximum Gasteiger partial charge on any atom is 0.260 e. The molecule has 1 heterocycles. The molecule has 2 atom stereocenters. The number of nitrogens with zero attached hydrogens (tertiary/aromatic N) is 2. The van der Waals surface area contributed by atoms with Gasteiger partial charge in [-0.25, -0.2) is 0 Å². The molecular formula is C24H37N3O3. The monoisotopic (exact) mass is 415 g/mol. The van der Waals surface area contributed by atoms with E-state index in [1.165, 1.54) is 12.8 Å². The number of para-hydroxylation sites is 1. The lowest BCUT2D eigenvalue weighted by Gasteiger charge is -2.40. The molecule has 0 bridgehead atoms. The fraction of sp³-hybridized carbons (Fsp3) is 0.667. The molecule has 1 aliphatic heterocycles. The summed E-state index contributed by atoms with van der Waals surface area (Å²) in [4.78, 5) is 29.8. The number of hydrogen-bond acceptors (Lipinski definition) is 4. The molecule has 1 saturated heterocycles. The molecule has 30 heavy (non-hydrogen) atoms. The number of amides is 2. The van der Waals surface area contributed by atoms with Crippen LogP contribution in [0.4, 0.5) is 0 Å². The smallest absolute Gasteiger partial charge is 0.260 e. The third-order valence-electron chi connectivity index (χ3n) is 6.60. The minimum Gasteiger partial charge on any atom is -0.484 e. The van der Waals surface area contributed by atoms with Crippen molar-refractivity contribution in [1.82, 2.24) is 15.1 Å². The summed E-state index contributed by atoms with van der Waals surface area (Å²) in [5, 5.41) is 3.20. The van der Waals surface area contributed by atoms with Crippen LogP contribution in [0.2, 0.25) is 0 Å². The Morgan fingerprint density at radius 3 is 2.40 bits per heavy atom. The third-order valence-corrected chi connectivity index (χ3v) is 6.60. The standard InChI is InChI=1S/C24H37N3O3/c1-3-19(2)17-25-24(29)23(20-9-7-8-10-20)27-15-13-26(14-16-27)22(28)18-30-21-11-5-4-6-12-21/h4-6,11-12,19-20,23H,3,7-10,13-18H2,1-2H3,(H,25,29). The van der Waals surface area contributed by atoms with Gasteiger partial charge < -0.3 is 15.0 Å². The van der Waals surface area contributed by atoms with Crippen LogP contribution >= 0.6 is 0 Å². The van der Waals surface area contributed by atoms with Gasteiger partial charge in [-0.15, -0.1) is 0 Å². The molecule has 2 aliphatic rings. The molecule has 0 radical (unpaired) electrons. The molecule has 1 aliphatic carbocycles. The summed E-state index contributed by atoms with van der Waals surface area (Å²) in [5.74, 6) is 1.83. The van der Waals surface area contributed by atoms with Gasteiger partial charge in [0, 0.05) is 32.7 Å². The summed E-state index contributed by atoms with van der Waals surface area (Å²) in [5.41, 5.74) is 0. The quantitative estimate of drug-likeness (QED) is 0.674. The molecule has 1 aromatic carbocycles. The average molecular weight is 416 g/mol. The van der Waals surface area contributed by atoms with Crippen molar-refractivity contribution in [2.24, 2.45) is 11.8 Å². The van der Waals surface area contributed by atoms with Crippen molar-refractivity contribution >= 4 is 11.8 Å². The van der Waals surface area contributed by atoms with Crippen molar-refractivity contribution in [2.45, 2.75) is 52.0 Å². The summed E-state index contributed by atoms with van der Waals surface area (Å²) in [7, 11) is 0. The Bertz CT molecular complexity index is 668. The second-order valence-electron chi connectivity index (χ2n) is 8.77. The average Bonchev–Trinajstić information content (AvgIpc) is 3.31. The lowest BCUT2D eigenvalue weighted by Crippen LogP contribution is -2.58. The summed E-state index contributed by atoms with van der Waals surface area (Å²) >= 11 is 0. The second-order valence-corrected chi connectivity index (χ2v) is 8.77. The lowest BCUT2D eigenvalue weighted by atomic mass is 9.94.